The molecule has 1 N–H and O–H groups in total. The van der Waals surface area contributed by atoms with Crippen LogP contribution in [0.25, 0.3) is 22.2 Å². The van der Waals surface area contributed by atoms with Gasteiger partial charge in [0, 0.05) is 17.5 Å². The lowest BCUT2D eigenvalue weighted by atomic mass is 10.0. The molecule has 0 aliphatic carbocycles. The third-order valence-corrected chi connectivity index (χ3v) is 4.01. The van der Waals surface area contributed by atoms with Gasteiger partial charge in [0.25, 0.3) is 0 Å². The summed E-state index contributed by atoms with van der Waals surface area (Å²) in [5.74, 6) is -0.327. The molecule has 27 heavy (non-hydrogen) atoms. The van der Waals surface area contributed by atoms with Gasteiger partial charge in [-0.3, -0.25) is 4.98 Å². The number of hydrogen-bond acceptors (Lipinski definition) is 5. The fourth-order valence-corrected chi connectivity index (χ4v) is 2.96. The van der Waals surface area contributed by atoms with E-state index < -0.39 is 11.7 Å². The van der Waals surface area contributed by atoms with Gasteiger partial charge in [-0.25, -0.2) is 9.18 Å². The van der Waals surface area contributed by atoms with E-state index in [1.807, 2.05) is 20.0 Å². The van der Waals surface area contributed by atoms with Crippen LogP contribution < -0.4 is 5.32 Å². The van der Waals surface area contributed by atoms with Crippen molar-refractivity contribution in [2.45, 2.75) is 39.8 Å². The number of nitrogens with zero attached hydrogens (tertiary/aromatic N) is 3. The number of pyridine rings is 1. The normalized spacial score (nSPS) is 11.8. The SMILES string of the molecule is CNCc1cc(C)c(-c2cc3cnn(C(=O)OC(C)(C)C)c3cn2)c(F)c1. The Morgan fingerprint density at radius 1 is 1.26 bits per heavy atom. The van der Waals surface area contributed by atoms with Crippen LogP contribution in [-0.4, -0.2) is 33.5 Å². The number of aromatic nitrogens is 3. The fraction of sp³-hybridized carbons (Fsp3) is 0.350. The third-order valence-electron chi connectivity index (χ3n) is 4.01. The van der Waals surface area contributed by atoms with E-state index in [2.05, 4.69) is 15.4 Å². The van der Waals surface area contributed by atoms with Gasteiger partial charge in [-0.05, 0) is 58.0 Å². The van der Waals surface area contributed by atoms with Gasteiger partial charge in [0.15, 0.2) is 0 Å². The molecule has 0 saturated carbocycles. The van der Waals surface area contributed by atoms with Crippen LogP contribution in [0.5, 0.6) is 0 Å². The highest BCUT2D eigenvalue weighted by atomic mass is 19.1. The van der Waals surface area contributed by atoms with Crippen LogP contribution in [0.1, 0.15) is 31.9 Å². The molecule has 0 unspecified atom stereocenters. The predicted molar refractivity (Wildman–Crippen MR) is 102 cm³/mol. The summed E-state index contributed by atoms with van der Waals surface area (Å²) in [6.45, 7) is 7.81. The second kappa shape index (κ2) is 7.08. The summed E-state index contributed by atoms with van der Waals surface area (Å²) in [4.78, 5) is 16.6. The monoisotopic (exact) mass is 370 g/mol. The Labute approximate surface area is 157 Å². The molecule has 0 aliphatic rings. The Hall–Kier alpha value is -2.80. The Morgan fingerprint density at radius 2 is 2.00 bits per heavy atom. The van der Waals surface area contributed by atoms with E-state index in [-0.39, 0.29) is 5.82 Å². The number of fused-ring (bicyclic) bond motifs is 1. The molecule has 0 radical (unpaired) electrons. The summed E-state index contributed by atoms with van der Waals surface area (Å²) in [6, 6.07) is 5.17. The number of hydrogen-bond donors (Lipinski definition) is 1. The zero-order valence-electron chi connectivity index (χ0n) is 16.1. The molecule has 0 bridgehead atoms. The first-order chi connectivity index (χ1) is 12.7. The van der Waals surface area contributed by atoms with Gasteiger partial charge < -0.3 is 10.1 Å². The number of rotatable bonds is 3. The van der Waals surface area contributed by atoms with E-state index in [1.54, 1.807) is 33.0 Å². The average molecular weight is 370 g/mol. The van der Waals surface area contributed by atoms with Gasteiger partial charge in [-0.15, -0.1) is 0 Å². The summed E-state index contributed by atoms with van der Waals surface area (Å²) < 4.78 is 21.2. The minimum atomic E-state index is -0.627. The van der Waals surface area contributed by atoms with E-state index >= 15 is 0 Å². The summed E-state index contributed by atoms with van der Waals surface area (Å²) in [5.41, 5.74) is 2.50. The molecule has 142 valence electrons. The van der Waals surface area contributed by atoms with Gasteiger partial charge in [-0.2, -0.15) is 9.78 Å². The topological polar surface area (TPSA) is 69.0 Å². The third kappa shape index (κ3) is 3.98. The maximum absolute atomic E-state index is 14.7. The van der Waals surface area contributed by atoms with Crippen LogP contribution in [0.3, 0.4) is 0 Å². The number of benzene rings is 1. The molecule has 3 rings (SSSR count). The molecule has 1 aromatic carbocycles. The van der Waals surface area contributed by atoms with Crippen molar-refractivity contribution in [2.75, 3.05) is 7.05 Å². The Morgan fingerprint density at radius 3 is 2.63 bits per heavy atom. The molecular weight excluding hydrogens is 347 g/mol. The highest BCUT2D eigenvalue weighted by Gasteiger charge is 2.21. The van der Waals surface area contributed by atoms with Crippen LogP contribution >= 0.6 is 0 Å². The van der Waals surface area contributed by atoms with Crippen LogP contribution in [0.2, 0.25) is 0 Å². The number of aryl methyl sites for hydroxylation is 1. The number of ether oxygens (including phenoxy) is 1. The standard InChI is InChI=1S/C20H23FN4O2/c1-12-6-13(9-22-5)7-15(21)18(12)16-8-14-10-24-25(17(14)11-23-16)19(26)27-20(2,3)4/h6-8,10-11,22H,9H2,1-5H3. The minimum absolute atomic E-state index is 0.327. The number of halogens is 1. The molecule has 7 heteroatoms. The number of carbonyl (C=O) groups is 1. The summed E-state index contributed by atoms with van der Waals surface area (Å²) in [5, 5.41) is 7.80. The summed E-state index contributed by atoms with van der Waals surface area (Å²) in [7, 11) is 1.82. The highest BCUT2D eigenvalue weighted by molar-refractivity contribution is 5.89. The van der Waals surface area contributed by atoms with Gasteiger partial charge in [0.1, 0.15) is 11.4 Å². The quantitative estimate of drug-likeness (QED) is 0.753. The van der Waals surface area contributed by atoms with Crippen molar-refractivity contribution in [1.29, 1.82) is 0 Å². The average Bonchev–Trinajstić information content (AvgIpc) is 2.96. The maximum atomic E-state index is 14.7. The molecule has 0 amide bonds. The Bertz CT molecular complexity index is 982. The van der Waals surface area contributed by atoms with E-state index in [1.165, 1.54) is 12.3 Å². The molecule has 0 aliphatic heterocycles. The molecule has 2 heterocycles. The highest BCUT2D eigenvalue weighted by Crippen LogP contribution is 2.28. The van der Waals surface area contributed by atoms with Gasteiger partial charge in [0.2, 0.25) is 0 Å². The smallest absolute Gasteiger partial charge is 0.435 e. The van der Waals surface area contributed by atoms with Crippen molar-refractivity contribution in [3.8, 4) is 11.3 Å². The first kappa shape index (κ1) is 19.0. The number of nitrogens with one attached hydrogen (secondary N) is 1. The van der Waals surface area contributed by atoms with Crippen molar-refractivity contribution in [1.82, 2.24) is 20.1 Å². The lowest BCUT2D eigenvalue weighted by Gasteiger charge is -2.19. The van der Waals surface area contributed by atoms with Gasteiger partial charge in [0.05, 0.1) is 23.6 Å². The predicted octanol–water partition coefficient (Wildman–Crippen LogP) is 4.05. The number of carbonyl (C=O) groups excluding carboxylic acids is 1. The zero-order chi connectivity index (χ0) is 19.8. The molecule has 3 aromatic rings. The van der Waals surface area contributed by atoms with Gasteiger partial charge in [-0.1, -0.05) is 6.07 Å². The van der Waals surface area contributed by atoms with E-state index in [9.17, 15) is 9.18 Å². The molecule has 0 saturated heterocycles. The van der Waals surface area contributed by atoms with Crippen LogP contribution in [0, 0.1) is 12.7 Å². The molecule has 2 aromatic heterocycles. The Kier molecular flexibility index (Phi) is 4.97. The molecule has 0 spiro atoms. The van der Waals surface area contributed by atoms with Gasteiger partial charge >= 0.3 is 6.09 Å². The first-order valence-electron chi connectivity index (χ1n) is 8.71. The van der Waals surface area contributed by atoms with E-state index in [0.29, 0.717) is 28.7 Å². The van der Waals surface area contributed by atoms with Crippen molar-refractivity contribution in [3.63, 3.8) is 0 Å². The molecule has 0 fully saturated rings. The molecular formula is C20H23FN4O2. The summed E-state index contributed by atoms with van der Waals surface area (Å²) >= 11 is 0. The maximum Gasteiger partial charge on any atom is 0.435 e. The zero-order valence-corrected chi connectivity index (χ0v) is 16.1. The first-order valence-corrected chi connectivity index (χ1v) is 8.71. The lowest BCUT2D eigenvalue weighted by molar-refractivity contribution is 0.0522. The van der Waals surface area contributed by atoms with Crippen LogP contribution in [-0.2, 0) is 11.3 Å². The summed E-state index contributed by atoms with van der Waals surface area (Å²) in [6.07, 6.45) is 2.49. The van der Waals surface area contributed by atoms with Crippen molar-refractivity contribution >= 4 is 17.0 Å². The van der Waals surface area contributed by atoms with Crippen molar-refractivity contribution in [3.05, 3.63) is 47.5 Å². The van der Waals surface area contributed by atoms with E-state index in [4.69, 9.17) is 4.74 Å². The second-order valence-electron chi connectivity index (χ2n) is 7.46. The van der Waals surface area contributed by atoms with Crippen LogP contribution in [0.15, 0.2) is 30.6 Å². The molecule has 0 atom stereocenters. The lowest BCUT2D eigenvalue weighted by Crippen LogP contribution is -2.27. The minimum Gasteiger partial charge on any atom is -0.442 e. The van der Waals surface area contributed by atoms with Crippen molar-refractivity contribution < 1.29 is 13.9 Å². The molecule has 6 nitrogen and oxygen atoms in total. The largest absolute Gasteiger partial charge is 0.442 e. The Balaban J connectivity index is 2.01. The van der Waals surface area contributed by atoms with Crippen LogP contribution in [0.4, 0.5) is 9.18 Å². The van der Waals surface area contributed by atoms with Crippen molar-refractivity contribution in [2.24, 2.45) is 0 Å². The van der Waals surface area contributed by atoms with E-state index in [0.717, 1.165) is 15.8 Å². The fourth-order valence-electron chi connectivity index (χ4n) is 2.96. The second-order valence-corrected chi connectivity index (χ2v) is 7.46.